The normalized spacial score (nSPS) is 10.8. The number of ether oxygens (including phenoxy) is 1. The Morgan fingerprint density at radius 1 is 1.20 bits per heavy atom. The van der Waals surface area contributed by atoms with Gasteiger partial charge >= 0.3 is 0 Å². The highest BCUT2D eigenvalue weighted by Gasteiger charge is 2.04. The molecule has 0 saturated heterocycles. The first-order valence-corrected chi connectivity index (χ1v) is 3.44. The van der Waals surface area contributed by atoms with Gasteiger partial charge in [0, 0.05) is 6.61 Å². The predicted molar refractivity (Wildman–Crippen MR) is 41.3 cm³/mol. The second-order valence-electron chi connectivity index (χ2n) is 3.21. The zero-order chi connectivity index (χ0) is 7.33. The van der Waals surface area contributed by atoms with Crippen molar-refractivity contribution in [2.45, 2.75) is 6.92 Å². The topological polar surface area (TPSA) is 39.2 Å². The molecule has 0 bridgehead atoms. The van der Waals surface area contributed by atoms with Crippen LogP contribution < -0.4 is 0 Å². The second-order valence-corrected chi connectivity index (χ2v) is 3.21. The lowest BCUT2D eigenvalue weighted by atomic mass is 10.5. The maximum Gasteiger partial charge on any atom is 0.102 e. The van der Waals surface area contributed by atoms with Gasteiger partial charge < -0.3 is 14.7 Å². The average molecular weight is 149 g/mol. The Labute approximate surface area is 63.5 Å². The van der Waals surface area contributed by atoms with E-state index in [-0.39, 0.29) is 5.48 Å². The van der Waals surface area contributed by atoms with Gasteiger partial charge in [-0.3, -0.25) is 0 Å². The highest BCUT2D eigenvalue weighted by atomic mass is 16.5. The molecule has 0 spiro atoms. The molecular formula is C7H19NO2. The van der Waals surface area contributed by atoms with Gasteiger partial charge in [0.2, 0.25) is 0 Å². The van der Waals surface area contributed by atoms with E-state index in [4.69, 9.17) is 4.74 Å². The number of nitrogens with zero attached hydrogens (tertiary/aromatic N) is 1. The standard InChI is InChI=1S/C7H18NO.H2O/c1-5-9-7-6-8(2,3)4;/h5-7H2,1-4H3;1H2/q+1;/p-1. The largest absolute Gasteiger partial charge is 0.870 e. The van der Waals surface area contributed by atoms with E-state index in [1.165, 1.54) is 0 Å². The molecule has 0 aromatic rings. The minimum atomic E-state index is 0. The van der Waals surface area contributed by atoms with Gasteiger partial charge in [-0.15, -0.1) is 0 Å². The van der Waals surface area contributed by atoms with Crippen molar-refractivity contribution in [3.05, 3.63) is 0 Å². The molecule has 0 aromatic heterocycles. The molecule has 0 aliphatic heterocycles. The van der Waals surface area contributed by atoms with Crippen LogP contribution in [0, 0.1) is 0 Å². The molecule has 0 atom stereocenters. The van der Waals surface area contributed by atoms with E-state index in [9.17, 15) is 0 Å². The molecule has 0 aliphatic rings. The Morgan fingerprint density at radius 2 is 1.70 bits per heavy atom. The van der Waals surface area contributed by atoms with Crippen LogP contribution in [0.5, 0.6) is 0 Å². The first kappa shape index (κ1) is 12.5. The Morgan fingerprint density at radius 3 is 2.00 bits per heavy atom. The zero-order valence-corrected chi connectivity index (χ0v) is 7.42. The minimum Gasteiger partial charge on any atom is -0.870 e. The van der Waals surface area contributed by atoms with Crippen molar-refractivity contribution in [1.82, 2.24) is 0 Å². The third-order valence-electron chi connectivity index (χ3n) is 1.11. The summed E-state index contributed by atoms with van der Waals surface area (Å²) in [5.41, 5.74) is 0. The fourth-order valence-corrected chi connectivity index (χ4v) is 0.483. The molecule has 3 heteroatoms. The summed E-state index contributed by atoms with van der Waals surface area (Å²) >= 11 is 0. The van der Waals surface area contributed by atoms with E-state index in [0.717, 1.165) is 24.2 Å². The zero-order valence-electron chi connectivity index (χ0n) is 7.42. The molecule has 0 aromatic carbocycles. The number of rotatable bonds is 4. The first-order valence-electron chi connectivity index (χ1n) is 3.44. The minimum absolute atomic E-state index is 0. The number of likely N-dealkylation sites (N-methyl/N-ethyl adjacent to an activating group) is 1. The van der Waals surface area contributed by atoms with Crippen molar-refractivity contribution < 1.29 is 14.7 Å². The van der Waals surface area contributed by atoms with Crippen molar-refractivity contribution in [2.75, 3.05) is 40.9 Å². The molecule has 0 unspecified atom stereocenters. The summed E-state index contributed by atoms with van der Waals surface area (Å²) < 4.78 is 6.18. The molecule has 0 aliphatic carbocycles. The van der Waals surface area contributed by atoms with E-state index in [0.29, 0.717) is 0 Å². The highest BCUT2D eigenvalue weighted by Crippen LogP contribution is 1.88. The van der Waals surface area contributed by atoms with Crippen LogP contribution >= 0.6 is 0 Å². The Hall–Kier alpha value is -0.120. The van der Waals surface area contributed by atoms with Crippen molar-refractivity contribution in [2.24, 2.45) is 0 Å². The Kier molecular flexibility index (Phi) is 7.09. The molecule has 0 amide bonds. The van der Waals surface area contributed by atoms with Gasteiger partial charge in [0.15, 0.2) is 0 Å². The summed E-state index contributed by atoms with van der Waals surface area (Å²) in [7, 11) is 6.50. The summed E-state index contributed by atoms with van der Waals surface area (Å²) in [5, 5.41) is 0. The third-order valence-corrected chi connectivity index (χ3v) is 1.11. The smallest absolute Gasteiger partial charge is 0.102 e. The van der Waals surface area contributed by atoms with Crippen molar-refractivity contribution in [3.8, 4) is 0 Å². The van der Waals surface area contributed by atoms with Gasteiger partial charge in [-0.05, 0) is 6.92 Å². The van der Waals surface area contributed by atoms with Crippen LogP contribution in [0.25, 0.3) is 0 Å². The highest BCUT2D eigenvalue weighted by molar-refractivity contribution is 4.25. The fraction of sp³-hybridized carbons (Fsp3) is 1.00. The quantitative estimate of drug-likeness (QED) is 0.432. The molecule has 0 fully saturated rings. The molecule has 10 heavy (non-hydrogen) atoms. The summed E-state index contributed by atoms with van der Waals surface area (Å²) in [6.45, 7) is 4.82. The molecule has 0 saturated carbocycles. The second kappa shape index (κ2) is 5.65. The average Bonchev–Trinajstić information content (AvgIpc) is 1.63. The van der Waals surface area contributed by atoms with Gasteiger partial charge in [-0.25, -0.2) is 0 Å². The van der Waals surface area contributed by atoms with Crippen molar-refractivity contribution in [1.29, 1.82) is 0 Å². The maximum atomic E-state index is 5.19. The van der Waals surface area contributed by atoms with Gasteiger partial charge in [0.25, 0.3) is 0 Å². The van der Waals surface area contributed by atoms with Crippen LogP contribution in [0.15, 0.2) is 0 Å². The predicted octanol–water partition coefficient (Wildman–Crippen LogP) is 0.552. The number of quaternary nitrogens is 1. The van der Waals surface area contributed by atoms with Gasteiger partial charge in [-0.2, -0.15) is 0 Å². The van der Waals surface area contributed by atoms with Crippen LogP contribution in [0.4, 0.5) is 0 Å². The molecule has 3 nitrogen and oxygen atoms in total. The SMILES string of the molecule is CCOCC[N+](C)(C)C.[OH-]. The van der Waals surface area contributed by atoms with E-state index in [1.54, 1.807) is 0 Å². The summed E-state index contributed by atoms with van der Waals surface area (Å²) in [6.07, 6.45) is 0. The van der Waals surface area contributed by atoms with E-state index in [2.05, 4.69) is 21.1 Å². The van der Waals surface area contributed by atoms with Crippen molar-refractivity contribution >= 4 is 0 Å². The van der Waals surface area contributed by atoms with Gasteiger partial charge in [0.05, 0.1) is 27.7 Å². The van der Waals surface area contributed by atoms with Crippen LogP contribution in [0.1, 0.15) is 6.92 Å². The lowest BCUT2D eigenvalue weighted by Crippen LogP contribution is -2.37. The molecule has 0 radical (unpaired) electrons. The fourth-order valence-electron chi connectivity index (χ4n) is 0.483. The molecule has 0 heterocycles. The van der Waals surface area contributed by atoms with E-state index >= 15 is 0 Å². The van der Waals surface area contributed by atoms with Crippen molar-refractivity contribution in [3.63, 3.8) is 0 Å². The van der Waals surface area contributed by atoms with Gasteiger partial charge in [-0.1, -0.05) is 0 Å². The number of hydrogen-bond donors (Lipinski definition) is 0. The molecule has 64 valence electrons. The molecule has 1 N–H and O–H groups in total. The summed E-state index contributed by atoms with van der Waals surface area (Å²) in [4.78, 5) is 0. The third kappa shape index (κ3) is 10.8. The Bertz CT molecular complexity index is 68.5. The molecular weight excluding hydrogens is 130 g/mol. The van der Waals surface area contributed by atoms with Gasteiger partial charge in [0.1, 0.15) is 6.54 Å². The summed E-state index contributed by atoms with van der Waals surface area (Å²) in [6, 6.07) is 0. The van der Waals surface area contributed by atoms with E-state index in [1.807, 2.05) is 6.92 Å². The lowest BCUT2D eigenvalue weighted by Gasteiger charge is -2.23. The Balaban J connectivity index is 0. The monoisotopic (exact) mass is 149 g/mol. The van der Waals surface area contributed by atoms with Crippen LogP contribution in [-0.4, -0.2) is 50.9 Å². The number of hydrogen-bond acceptors (Lipinski definition) is 2. The maximum absolute atomic E-state index is 5.19. The van der Waals surface area contributed by atoms with Crippen LogP contribution in [-0.2, 0) is 4.74 Å². The molecule has 0 rings (SSSR count). The summed E-state index contributed by atoms with van der Waals surface area (Å²) in [5.74, 6) is 0. The van der Waals surface area contributed by atoms with E-state index < -0.39 is 0 Å². The van der Waals surface area contributed by atoms with Crippen LogP contribution in [0.3, 0.4) is 0 Å². The lowest BCUT2D eigenvalue weighted by molar-refractivity contribution is -0.870. The van der Waals surface area contributed by atoms with Crippen LogP contribution in [0.2, 0.25) is 0 Å². The first-order chi connectivity index (χ1) is 4.06.